The van der Waals surface area contributed by atoms with E-state index in [-0.39, 0.29) is 23.7 Å². The second kappa shape index (κ2) is 7.56. The summed E-state index contributed by atoms with van der Waals surface area (Å²) in [7, 11) is 0. The molecule has 0 aromatic carbocycles. The van der Waals surface area contributed by atoms with E-state index < -0.39 is 4.92 Å². The van der Waals surface area contributed by atoms with Crippen LogP contribution in [0, 0.1) is 10.1 Å². The monoisotopic (exact) mass is 322 g/mol. The van der Waals surface area contributed by atoms with Crippen LogP contribution in [0.4, 0.5) is 17.3 Å². The lowest BCUT2D eigenvalue weighted by Crippen LogP contribution is -2.21. The minimum Gasteiger partial charge on any atom is -0.376 e. The second-order valence-electron chi connectivity index (χ2n) is 5.85. The number of hydrogen-bond donors (Lipinski definition) is 2. The number of nitro groups is 1. The van der Waals surface area contributed by atoms with E-state index in [0.29, 0.717) is 18.9 Å². The normalized spacial score (nSPS) is 23.8. The van der Waals surface area contributed by atoms with Crippen molar-refractivity contribution >= 4 is 17.3 Å². The zero-order chi connectivity index (χ0) is 16.1. The molecule has 1 aromatic rings. The Bertz CT molecular complexity index is 542. The van der Waals surface area contributed by atoms with Gasteiger partial charge in [0.05, 0.1) is 17.1 Å². The highest BCUT2D eigenvalue weighted by atomic mass is 16.6. The first-order valence-corrected chi connectivity index (χ1v) is 8.09. The van der Waals surface area contributed by atoms with Gasteiger partial charge in [0.25, 0.3) is 0 Å². The van der Waals surface area contributed by atoms with Gasteiger partial charge in [-0.05, 0) is 31.7 Å². The summed E-state index contributed by atoms with van der Waals surface area (Å²) >= 11 is 0. The second-order valence-corrected chi connectivity index (χ2v) is 5.85. The first-order valence-electron chi connectivity index (χ1n) is 8.09. The van der Waals surface area contributed by atoms with Crippen molar-refractivity contribution in [3.8, 4) is 0 Å². The number of anilines is 2. The molecule has 2 N–H and O–H groups in total. The molecule has 2 saturated heterocycles. The number of rotatable bonds is 7. The molecule has 8 nitrogen and oxygen atoms in total. The zero-order valence-electron chi connectivity index (χ0n) is 13.0. The molecule has 0 amide bonds. The van der Waals surface area contributed by atoms with Crippen molar-refractivity contribution in [1.29, 1.82) is 0 Å². The summed E-state index contributed by atoms with van der Waals surface area (Å²) in [6, 6.07) is 3.10. The average Bonchev–Trinajstić information content (AvgIpc) is 3.24. The van der Waals surface area contributed by atoms with Crippen LogP contribution < -0.4 is 10.6 Å². The summed E-state index contributed by atoms with van der Waals surface area (Å²) < 4.78 is 11.1. The molecule has 2 atom stereocenters. The number of nitrogens with zero attached hydrogens (tertiary/aromatic N) is 2. The Kier molecular flexibility index (Phi) is 5.24. The summed E-state index contributed by atoms with van der Waals surface area (Å²) in [4.78, 5) is 15.1. The average molecular weight is 322 g/mol. The Hall–Kier alpha value is -1.93. The van der Waals surface area contributed by atoms with Gasteiger partial charge in [0, 0.05) is 32.4 Å². The van der Waals surface area contributed by atoms with Gasteiger partial charge in [-0.1, -0.05) is 0 Å². The molecule has 1 aromatic heterocycles. The first kappa shape index (κ1) is 15.9. The quantitative estimate of drug-likeness (QED) is 0.586. The molecule has 0 radical (unpaired) electrons. The number of aromatic nitrogens is 1. The molecule has 2 fully saturated rings. The highest BCUT2D eigenvalue weighted by Gasteiger charge is 2.20. The van der Waals surface area contributed by atoms with Crippen molar-refractivity contribution in [2.45, 2.75) is 37.9 Å². The fraction of sp³-hybridized carbons (Fsp3) is 0.667. The summed E-state index contributed by atoms with van der Waals surface area (Å²) in [5.74, 6) is 0.892. The van der Waals surface area contributed by atoms with Gasteiger partial charge < -0.3 is 20.1 Å². The maximum absolute atomic E-state index is 11.2. The summed E-state index contributed by atoms with van der Waals surface area (Å²) in [6.45, 7) is 2.75. The van der Waals surface area contributed by atoms with E-state index in [0.717, 1.165) is 38.9 Å². The number of ether oxygens (including phenoxy) is 2. The third-order valence-corrected chi connectivity index (χ3v) is 4.13. The van der Waals surface area contributed by atoms with E-state index >= 15 is 0 Å². The van der Waals surface area contributed by atoms with Gasteiger partial charge in [-0.2, -0.15) is 0 Å². The molecule has 0 aliphatic carbocycles. The maximum Gasteiger partial charge on any atom is 0.311 e. The van der Waals surface area contributed by atoms with Crippen LogP contribution in [0.15, 0.2) is 12.1 Å². The number of pyridine rings is 1. The standard InChI is InChI=1S/C15H22N4O4/c20-19(21)13-5-6-14(16-9-11-3-1-7-22-11)18-15(13)17-10-12-4-2-8-23-12/h5-6,11-12H,1-4,7-10H2,(H2,16,17,18). The molecule has 0 saturated carbocycles. The van der Waals surface area contributed by atoms with Crippen LogP contribution in [0.25, 0.3) is 0 Å². The lowest BCUT2D eigenvalue weighted by Gasteiger charge is -2.14. The molecule has 0 spiro atoms. The van der Waals surface area contributed by atoms with Crippen molar-refractivity contribution in [3.63, 3.8) is 0 Å². The van der Waals surface area contributed by atoms with E-state index in [1.165, 1.54) is 6.07 Å². The molecular weight excluding hydrogens is 300 g/mol. The fourth-order valence-electron chi connectivity index (χ4n) is 2.87. The van der Waals surface area contributed by atoms with Crippen molar-refractivity contribution < 1.29 is 14.4 Å². The molecule has 23 heavy (non-hydrogen) atoms. The van der Waals surface area contributed by atoms with Gasteiger partial charge >= 0.3 is 5.69 Å². The van der Waals surface area contributed by atoms with Gasteiger partial charge in [-0.25, -0.2) is 4.98 Å². The molecule has 2 unspecified atom stereocenters. The topological polar surface area (TPSA) is 98.6 Å². The first-order chi connectivity index (χ1) is 11.2. The Balaban J connectivity index is 1.63. The van der Waals surface area contributed by atoms with Crippen LogP contribution in [-0.4, -0.2) is 48.4 Å². The van der Waals surface area contributed by atoms with E-state index in [2.05, 4.69) is 15.6 Å². The summed E-state index contributed by atoms with van der Waals surface area (Å²) in [6.07, 6.45) is 4.40. The maximum atomic E-state index is 11.2. The van der Waals surface area contributed by atoms with E-state index in [4.69, 9.17) is 9.47 Å². The Labute approximate surface area is 134 Å². The van der Waals surface area contributed by atoms with Crippen molar-refractivity contribution in [2.24, 2.45) is 0 Å². The van der Waals surface area contributed by atoms with Gasteiger partial charge in [0.2, 0.25) is 5.82 Å². The van der Waals surface area contributed by atoms with Crippen LogP contribution >= 0.6 is 0 Å². The minimum absolute atomic E-state index is 0.0225. The molecule has 126 valence electrons. The lowest BCUT2D eigenvalue weighted by molar-refractivity contribution is -0.384. The number of nitrogens with one attached hydrogen (secondary N) is 2. The van der Waals surface area contributed by atoms with Crippen LogP contribution in [0.2, 0.25) is 0 Å². The largest absolute Gasteiger partial charge is 0.376 e. The van der Waals surface area contributed by atoms with Crippen LogP contribution in [0.5, 0.6) is 0 Å². The highest BCUT2D eigenvalue weighted by molar-refractivity contribution is 5.60. The van der Waals surface area contributed by atoms with Crippen LogP contribution in [-0.2, 0) is 9.47 Å². The van der Waals surface area contributed by atoms with Crippen molar-refractivity contribution in [2.75, 3.05) is 36.9 Å². The minimum atomic E-state index is -0.422. The Morgan fingerprint density at radius 2 is 1.78 bits per heavy atom. The molecule has 3 rings (SSSR count). The molecule has 3 heterocycles. The molecular formula is C15H22N4O4. The molecule has 2 aliphatic heterocycles. The summed E-state index contributed by atoms with van der Waals surface area (Å²) in [5.41, 5.74) is -0.0225. The highest BCUT2D eigenvalue weighted by Crippen LogP contribution is 2.25. The molecule has 0 bridgehead atoms. The van der Waals surface area contributed by atoms with Gasteiger partial charge in [-0.3, -0.25) is 10.1 Å². The fourth-order valence-corrected chi connectivity index (χ4v) is 2.87. The zero-order valence-corrected chi connectivity index (χ0v) is 13.0. The third kappa shape index (κ3) is 4.29. The predicted octanol–water partition coefficient (Wildman–Crippen LogP) is 2.17. The number of hydrogen-bond acceptors (Lipinski definition) is 7. The van der Waals surface area contributed by atoms with Crippen LogP contribution in [0.3, 0.4) is 0 Å². The molecule has 2 aliphatic rings. The van der Waals surface area contributed by atoms with Crippen molar-refractivity contribution in [1.82, 2.24) is 4.98 Å². The third-order valence-electron chi connectivity index (χ3n) is 4.13. The predicted molar refractivity (Wildman–Crippen MR) is 85.8 cm³/mol. The van der Waals surface area contributed by atoms with Crippen molar-refractivity contribution in [3.05, 3.63) is 22.2 Å². The van der Waals surface area contributed by atoms with Gasteiger partial charge in [-0.15, -0.1) is 0 Å². The van der Waals surface area contributed by atoms with E-state index in [1.54, 1.807) is 6.07 Å². The van der Waals surface area contributed by atoms with E-state index in [1.807, 2.05) is 0 Å². The molecule has 8 heteroatoms. The van der Waals surface area contributed by atoms with Gasteiger partial charge in [0.1, 0.15) is 5.82 Å². The lowest BCUT2D eigenvalue weighted by atomic mass is 10.2. The Morgan fingerprint density at radius 3 is 2.35 bits per heavy atom. The van der Waals surface area contributed by atoms with Crippen LogP contribution in [0.1, 0.15) is 25.7 Å². The van der Waals surface area contributed by atoms with Gasteiger partial charge in [0.15, 0.2) is 0 Å². The SMILES string of the molecule is O=[N+]([O-])c1ccc(NCC2CCCO2)nc1NCC1CCCO1. The smallest absolute Gasteiger partial charge is 0.311 e. The van der Waals surface area contributed by atoms with E-state index in [9.17, 15) is 10.1 Å². The Morgan fingerprint density at radius 1 is 1.13 bits per heavy atom. The summed E-state index contributed by atoms with van der Waals surface area (Å²) in [5, 5.41) is 17.4.